The molecule has 0 unspecified atom stereocenters. The Morgan fingerprint density at radius 3 is 2.20 bits per heavy atom. The molecule has 0 bridgehead atoms. The molecule has 0 rings (SSSR count). The number of rotatable bonds is 8. The molecule has 0 saturated heterocycles. The highest BCUT2D eigenvalue weighted by Gasteiger charge is 2.32. The van der Waals surface area contributed by atoms with Gasteiger partial charge in [0.2, 0.25) is 0 Å². The second-order valence-electron chi connectivity index (χ2n) is 3.73. The predicted octanol–water partition coefficient (Wildman–Crippen LogP) is 2.67. The second kappa shape index (κ2) is 6.93. The lowest BCUT2D eigenvalue weighted by Crippen LogP contribution is -2.39. The minimum absolute atomic E-state index is 0.140. The summed E-state index contributed by atoms with van der Waals surface area (Å²) in [4.78, 5) is 11.3. The molecule has 0 aromatic heterocycles. The van der Waals surface area contributed by atoms with Crippen LogP contribution in [0.3, 0.4) is 0 Å². The Bertz CT molecular complexity index is 214. The van der Waals surface area contributed by atoms with E-state index in [-0.39, 0.29) is 5.78 Å². The molecule has 0 aliphatic carbocycles. The molecule has 3 nitrogen and oxygen atoms in total. The first-order valence-corrected chi connectivity index (χ1v) is 7.53. The number of hydrogen-bond donors (Lipinski definition) is 0. The van der Waals surface area contributed by atoms with E-state index in [4.69, 9.17) is 8.85 Å². The van der Waals surface area contributed by atoms with Crippen molar-refractivity contribution >= 4 is 14.3 Å². The summed E-state index contributed by atoms with van der Waals surface area (Å²) in [5.74, 6) is 0.140. The maximum absolute atomic E-state index is 11.3. The number of carbonyl (C=O) groups excluding carboxylic acids is 1. The lowest BCUT2D eigenvalue weighted by atomic mass is 10.1. The molecular formula is C11H22O3Si. The normalized spacial score (nSPS) is 11.5. The van der Waals surface area contributed by atoms with Crippen molar-refractivity contribution in [2.75, 3.05) is 14.2 Å². The van der Waals surface area contributed by atoms with Crippen LogP contribution in [0.15, 0.2) is 12.2 Å². The number of Topliss-reactive ketones (excluding diaryl/α,β-unsaturated/α-hetero) is 1. The SMILES string of the molecule is C=C(C)C(=O)CCC[Si](CC)(OC)OC. The van der Waals surface area contributed by atoms with E-state index in [0.717, 1.165) is 18.5 Å². The number of hydrogen-bond acceptors (Lipinski definition) is 3. The van der Waals surface area contributed by atoms with Crippen molar-refractivity contribution in [2.45, 2.75) is 38.8 Å². The van der Waals surface area contributed by atoms with E-state index < -0.39 is 8.56 Å². The van der Waals surface area contributed by atoms with Gasteiger partial charge in [0.05, 0.1) is 0 Å². The van der Waals surface area contributed by atoms with Crippen LogP contribution in [-0.4, -0.2) is 28.6 Å². The first-order valence-electron chi connectivity index (χ1n) is 5.30. The minimum Gasteiger partial charge on any atom is -0.398 e. The van der Waals surface area contributed by atoms with Gasteiger partial charge in [-0.3, -0.25) is 4.79 Å². The number of carbonyl (C=O) groups is 1. The summed E-state index contributed by atoms with van der Waals surface area (Å²) in [6.07, 6.45) is 1.38. The average molecular weight is 230 g/mol. The van der Waals surface area contributed by atoms with Gasteiger partial charge in [0.25, 0.3) is 0 Å². The van der Waals surface area contributed by atoms with Crippen LogP contribution in [0.2, 0.25) is 12.1 Å². The van der Waals surface area contributed by atoms with Crippen LogP contribution in [0.25, 0.3) is 0 Å². The molecule has 0 aliphatic rings. The van der Waals surface area contributed by atoms with Crippen LogP contribution in [0.1, 0.15) is 26.7 Å². The zero-order chi connectivity index (χ0) is 11.9. The van der Waals surface area contributed by atoms with E-state index >= 15 is 0 Å². The zero-order valence-electron chi connectivity index (χ0n) is 10.3. The largest absolute Gasteiger partial charge is 0.398 e. The Morgan fingerprint density at radius 1 is 1.33 bits per heavy atom. The maximum atomic E-state index is 11.3. The van der Waals surface area contributed by atoms with E-state index in [0.29, 0.717) is 12.0 Å². The summed E-state index contributed by atoms with van der Waals surface area (Å²) in [6, 6.07) is 1.79. The van der Waals surface area contributed by atoms with Crippen molar-refractivity contribution in [1.29, 1.82) is 0 Å². The molecule has 0 heterocycles. The van der Waals surface area contributed by atoms with E-state index in [9.17, 15) is 4.79 Å². The van der Waals surface area contributed by atoms with Crippen LogP contribution >= 0.6 is 0 Å². The third-order valence-electron chi connectivity index (χ3n) is 2.72. The van der Waals surface area contributed by atoms with Crippen LogP contribution < -0.4 is 0 Å². The smallest absolute Gasteiger partial charge is 0.337 e. The molecule has 0 atom stereocenters. The molecule has 0 fully saturated rings. The van der Waals surface area contributed by atoms with Gasteiger partial charge in [0.15, 0.2) is 5.78 Å². The number of allylic oxidation sites excluding steroid dienone is 1. The summed E-state index contributed by atoms with van der Waals surface area (Å²) in [5.41, 5.74) is 0.633. The van der Waals surface area contributed by atoms with Gasteiger partial charge >= 0.3 is 8.56 Å². The molecule has 15 heavy (non-hydrogen) atoms. The van der Waals surface area contributed by atoms with Gasteiger partial charge in [-0.1, -0.05) is 13.5 Å². The quantitative estimate of drug-likeness (QED) is 0.475. The molecule has 0 aliphatic heterocycles. The van der Waals surface area contributed by atoms with Crippen LogP contribution in [0, 0.1) is 0 Å². The molecule has 4 heteroatoms. The Morgan fingerprint density at radius 2 is 1.87 bits per heavy atom. The highest BCUT2D eigenvalue weighted by molar-refractivity contribution is 6.67. The summed E-state index contributed by atoms with van der Waals surface area (Å²) in [5, 5.41) is 0. The molecule has 0 radical (unpaired) electrons. The predicted molar refractivity (Wildman–Crippen MR) is 64.1 cm³/mol. The van der Waals surface area contributed by atoms with Gasteiger partial charge in [0, 0.05) is 20.6 Å². The molecular weight excluding hydrogens is 208 g/mol. The van der Waals surface area contributed by atoms with E-state index in [2.05, 4.69) is 13.5 Å². The zero-order valence-corrected chi connectivity index (χ0v) is 11.3. The van der Waals surface area contributed by atoms with Gasteiger partial charge in [-0.25, -0.2) is 0 Å². The molecule has 0 N–H and O–H groups in total. The average Bonchev–Trinajstić information content (AvgIpc) is 2.24. The highest BCUT2D eigenvalue weighted by atomic mass is 28.4. The lowest BCUT2D eigenvalue weighted by Gasteiger charge is -2.25. The molecule has 0 spiro atoms. The summed E-state index contributed by atoms with van der Waals surface area (Å²) < 4.78 is 10.9. The van der Waals surface area contributed by atoms with Crippen molar-refractivity contribution in [3.8, 4) is 0 Å². The van der Waals surface area contributed by atoms with Crippen molar-refractivity contribution in [1.82, 2.24) is 0 Å². The van der Waals surface area contributed by atoms with Gasteiger partial charge in [0.1, 0.15) is 0 Å². The third-order valence-corrected chi connectivity index (χ3v) is 6.40. The molecule has 0 saturated carbocycles. The van der Waals surface area contributed by atoms with Crippen molar-refractivity contribution in [2.24, 2.45) is 0 Å². The molecule has 0 aromatic carbocycles. The second-order valence-corrected chi connectivity index (χ2v) is 7.57. The summed E-state index contributed by atoms with van der Waals surface area (Å²) in [7, 11) is 1.39. The monoisotopic (exact) mass is 230 g/mol. The van der Waals surface area contributed by atoms with E-state index in [1.807, 2.05) is 0 Å². The maximum Gasteiger partial charge on any atom is 0.337 e. The van der Waals surface area contributed by atoms with Gasteiger partial charge in [-0.05, 0) is 31.0 Å². The van der Waals surface area contributed by atoms with Gasteiger partial charge < -0.3 is 8.85 Å². The standard InChI is InChI=1S/C11H22O3Si/c1-6-15(13-4,14-5)9-7-8-11(12)10(2)3/h2,6-9H2,1,3-5H3. The Labute approximate surface area is 93.7 Å². The summed E-state index contributed by atoms with van der Waals surface area (Å²) >= 11 is 0. The molecule has 0 amide bonds. The van der Waals surface area contributed by atoms with Crippen molar-refractivity contribution in [3.63, 3.8) is 0 Å². The van der Waals surface area contributed by atoms with Crippen LogP contribution in [-0.2, 0) is 13.6 Å². The van der Waals surface area contributed by atoms with Gasteiger partial charge in [-0.15, -0.1) is 0 Å². The fourth-order valence-electron chi connectivity index (χ4n) is 1.48. The fraction of sp³-hybridized carbons (Fsp3) is 0.727. The highest BCUT2D eigenvalue weighted by Crippen LogP contribution is 2.20. The fourth-order valence-corrected chi connectivity index (χ4v) is 3.71. The Balaban J connectivity index is 4.02. The minimum atomic E-state index is -2.00. The first-order chi connectivity index (χ1) is 7.01. The Hall–Kier alpha value is -0.453. The summed E-state index contributed by atoms with van der Waals surface area (Å²) in [6.45, 7) is 7.45. The van der Waals surface area contributed by atoms with Crippen molar-refractivity contribution in [3.05, 3.63) is 12.2 Å². The molecule has 0 aromatic rings. The Kier molecular flexibility index (Phi) is 6.72. The third kappa shape index (κ3) is 4.73. The number of ketones is 1. The van der Waals surface area contributed by atoms with E-state index in [1.165, 1.54) is 0 Å². The van der Waals surface area contributed by atoms with Crippen LogP contribution in [0.4, 0.5) is 0 Å². The first kappa shape index (κ1) is 14.5. The topological polar surface area (TPSA) is 35.5 Å². The van der Waals surface area contributed by atoms with Crippen LogP contribution in [0.5, 0.6) is 0 Å². The lowest BCUT2D eigenvalue weighted by molar-refractivity contribution is -0.115. The van der Waals surface area contributed by atoms with Crippen molar-refractivity contribution < 1.29 is 13.6 Å². The van der Waals surface area contributed by atoms with Gasteiger partial charge in [-0.2, -0.15) is 0 Å². The van der Waals surface area contributed by atoms with E-state index in [1.54, 1.807) is 21.1 Å². The molecule has 88 valence electrons.